The van der Waals surface area contributed by atoms with Gasteiger partial charge in [0.25, 0.3) is 0 Å². The Kier molecular flexibility index (Phi) is 3.61. The molecule has 0 radical (unpaired) electrons. The lowest BCUT2D eigenvalue weighted by Crippen LogP contribution is -2.31. The molecule has 0 bridgehead atoms. The number of benzene rings is 1. The van der Waals surface area contributed by atoms with Crippen molar-refractivity contribution in [2.75, 3.05) is 0 Å². The van der Waals surface area contributed by atoms with Gasteiger partial charge in [0.2, 0.25) is 0 Å². The highest BCUT2D eigenvalue weighted by Crippen LogP contribution is 2.13. The smallest absolute Gasteiger partial charge is 0.488 e. The predicted octanol–water partition coefficient (Wildman–Crippen LogP) is 1.01. The summed E-state index contributed by atoms with van der Waals surface area (Å²) in [5, 5.41) is 20.0. The third kappa shape index (κ3) is 2.63. The lowest BCUT2D eigenvalue weighted by Gasteiger charge is -2.06. The van der Waals surface area contributed by atoms with Gasteiger partial charge in [0.15, 0.2) is 0 Å². The fourth-order valence-electron chi connectivity index (χ4n) is 1.36. The minimum absolute atomic E-state index is 0.356. The van der Waals surface area contributed by atoms with Crippen LogP contribution in [0.15, 0.2) is 41.8 Å². The highest BCUT2D eigenvalue weighted by atomic mass is 32.1. The number of hydrogen-bond acceptors (Lipinski definition) is 4. The van der Waals surface area contributed by atoms with Gasteiger partial charge >= 0.3 is 7.12 Å². The van der Waals surface area contributed by atoms with Crippen molar-refractivity contribution in [2.45, 2.75) is 6.61 Å². The molecular weight excluding hydrogens is 223 g/mol. The molecule has 0 saturated carbocycles. The van der Waals surface area contributed by atoms with Gasteiger partial charge < -0.3 is 14.8 Å². The molecule has 2 N–H and O–H groups in total. The highest BCUT2D eigenvalue weighted by molar-refractivity contribution is 7.11. The van der Waals surface area contributed by atoms with Crippen LogP contribution in [0.5, 0.6) is 5.75 Å². The quantitative estimate of drug-likeness (QED) is 0.776. The summed E-state index contributed by atoms with van der Waals surface area (Å²) < 4.78 is 5.53. The van der Waals surface area contributed by atoms with Crippen LogP contribution >= 0.6 is 11.3 Å². The van der Waals surface area contributed by atoms with Gasteiger partial charge in [0.05, 0.1) is 0 Å². The summed E-state index contributed by atoms with van der Waals surface area (Å²) in [6.07, 6.45) is 0. The Balaban J connectivity index is 2.02. The first kappa shape index (κ1) is 11.2. The first-order valence-corrected chi connectivity index (χ1v) is 5.75. The summed E-state index contributed by atoms with van der Waals surface area (Å²) in [6, 6.07) is 11.1. The van der Waals surface area contributed by atoms with Crippen LogP contribution in [0.2, 0.25) is 0 Å². The van der Waals surface area contributed by atoms with Crippen LogP contribution in [0, 0.1) is 0 Å². The topological polar surface area (TPSA) is 49.7 Å². The second-order valence-electron chi connectivity index (χ2n) is 3.27. The molecule has 0 aliphatic rings. The second-order valence-corrected chi connectivity index (χ2v) is 4.28. The van der Waals surface area contributed by atoms with Crippen molar-refractivity contribution in [1.29, 1.82) is 0 Å². The van der Waals surface area contributed by atoms with E-state index in [0.29, 0.717) is 12.1 Å². The molecule has 2 rings (SSSR count). The van der Waals surface area contributed by atoms with Crippen LogP contribution in [-0.4, -0.2) is 17.2 Å². The molecule has 0 aliphatic carbocycles. The van der Waals surface area contributed by atoms with Gasteiger partial charge in [-0.15, -0.1) is 11.3 Å². The molecule has 1 aromatic heterocycles. The first-order valence-electron chi connectivity index (χ1n) is 4.87. The molecule has 0 spiro atoms. The minimum atomic E-state index is -1.43. The summed E-state index contributed by atoms with van der Waals surface area (Å²) in [4.78, 5) is 0.832. The van der Waals surface area contributed by atoms with Crippen molar-refractivity contribution >= 4 is 23.9 Å². The van der Waals surface area contributed by atoms with Crippen LogP contribution in [0.1, 0.15) is 4.88 Å². The molecule has 5 heteroatoms. The molecular formula is C11H11BO3S. The summed E-state index contributed by atoms with van der Waals surface area (Å²) in [5.74, 6) is 0.772. The lowest BCUT2D eigenvalue weighted by atomic mass is 9.81. The van der Waals surface area contributed by atoms with E-state index in [1.165, 1.54) is 11.3 Å². The Bertz CT molecular complexity index is 442. The van der Waals surface area contributed by atoms with Crippen molar-refractivity contribution in [1.82, 2.24) is 0 Å². The monoisotopic (exact) mass is 234 g/mol. The van der Waals surface area contributed by atoms with E-state index in [1.54, 1.807) is 6.07 Å². The summed E-state index contributed by atoms with van der Waals surface area (Å²) >= 11 is 1.45. The van der Waals surface area contributed by atoms with Crippen molar-refractivity contribution < 1.29 is 14.8 Å². The first-order chi connectivity index (χ1) is 7.77. The van der Waals surface area contributed by atoms with E-state index in [4.69, 9.17) is 14.8 Å². The number of ether oxygens (including phenoxy) is 1. The number of para-hydroxylation sites is 1. The van der Waals surface area contributed by atoms with Crippen LogP contribution in [0.4, 0.5) is 0 Å². The largest absolute Gasteiger partial charge is 0.489 e. The van der Waals surface area contributed by atoms with Crippen LogP contribution in [0.3, 0.4) is 0 Å². The number of rotatable bonds is 4. The molecule has 0 aliphatic heterocycles. The van der Waals surface area contributed by atoms with E-state index in [1.807, 2.05) is 35.7 Å². The molecule has 3 nitrogen and oxygen atoms in total. The number of thiophene rings is 1. The summed E-state index contributed by atoms with van der Waals surface area (Å²) in [6.45, 7) is 0.356. The van der Waals surface area contributed by atoms with Crippen LogP contribution in [0.25, 0.3) is 0 Å². The van der Waals surface area contributed by atoms with Crippen molar-refractivity contribution in [3.05, 3.63) is 46.7 Å². The molecule has 1 heterocycles. The van der Waals surface area contributed by atoms with E-state index in [9.17, 15) is 0 Å². The van der Waals surface area contributed by atoms with Gasteiger partial charge in [-0.1, -0.05) is 24.3 Å². The summed E-state index contributed by atoms with van der Waals surface area (Å²) in [7, 11) is -1.43. The molecule has 0 saturated heterocycles. The molecule has 1 aromatic carbocycles. The maximum atomic E-state index is 9.10. The molecule has 16 heavy (non-hydrogen) atoms. The zero-order valence-electron chi connectivity index (χ0n) is 8.54. The fourth-order valence-corrected chi connectivity index (χ4v) is 2.18. The zero-order valence-corrected chi connectivity index (χ0v) is 9.35. The van der Waals surface area contributed by atoms with E-state index >= 15 is 0 Å². The van der Waals surface area contributed by atoms with E-state index in [2.05, 4.69) is 0 Å². The Labute approximate surface area is 98.1 Å². The average Bonchev–Trinajstić information content (AvgIpc) is 2.76. The molecule has 82 valence electrons. The SMILES string of the molecule is OB(O)c1ccsc1COc1ccccc1. The molecule has 0 unspecified atom stereocenters. The minimum Gasteiger partial charge on any atom is -0.488 e. The van der Waals surface area contributed by atoms with Gasteiger partial charge in [-0.3, -0.25) is 0 Å². The standard InChI is InChI=1S/C11H11BO3S/c13-12(14)10-6-7-16-11(10)8-15-9-4-2-1-3-5-9/h1-7,13-14H,8H2. The third-order valence-electron chi connectivity index (χ3n) is 2.17. The number of hydrogen-bond donors (Lipinski definition) is 2. The molecule has 0 fully saturated rings. The van der Waals surface area contributed by atoms with Crippen LogP contribution in [-0.2, 0) is 6.61 Å². The van der Waals surface area contributed by atoms with Gasteiger partial charge in [-0.05, 0) is 23.0 Å². The second kappa shape index (κ2) is 5.16. The molecule has 2 aromatic rings. The van der Waals surface area contributed by atoms with Gasteiger partial charge in [-0.25, -0.2) is 0 Å². The van der Waals surface area contributed by atoms with Crippen LogP contribution < -0.4 is 10.2 Å². The summed E-state index contributed by atoms with van der Waals surface area (Å²) in [5.41, 5.74) is 0.515. The Morgan fingerprint density at radius 1 is 1.12 bits per heavy atom. The van der Waals surface area contributed by atoms with E-state index < -0.39 is 7.12 Å². The lowest BCUT2D eigenvalue weighted by molar-refractivity contribution is 0.310. The van der Waals surface area contributed by atoms with Gasteiger partial charge in [0, 0.05) is 4.88 Å². The third-order valence-corrected chi connectivity index (χ3v) is 3.08. The van der Waals surface area contributed by atoms with Gasteiger partial charge in [-0.2, -0.15) is 0 Å². The maximum absolute atomic E-state index is 9.10. The van der Waals surface area contributed by atoms with E-state index in [0.717, 1.165) is 10.6 Å². The Hall–Kier alpha value is -1.30. The zero-order chi connectivity index (χ0) is 11.4. The Morgan fingerprint density at radius 2 is 1.88 bits per heavy atom. The van der Waals surface area contributed by atoms with Gasteiger partial charge in [0.1, 0.15) is 12.4 Å². The normalized spacial score (nSPS) is 10.1. The Morgan fingerprint density at radius 3 is 2.56 bits per heavy atom. The van der Waals surface area contributed by atoms with Crippen molar-refractivity contribution in [2.24, 2.45) is 0 Å². The van der Waals surface area contributed by atoms with E-state index in [-0.39, 0.29) is 0 Å². The fraction of sp³-hybridized carbons (Fsp3) is 0.0909. The average molecular weight is 234 g/mol. The molecule has 0 atom stereocenters. The maximum Gasteiger partial charge on any atom is 0.489 e. The molecule has 0 amide bonds. The predicted molar refractivity (Wildman–Crippen MR) is 64.9 cm³/mol. The highest BCUT2D eigenvalue weighted by Gasteiger charge is 2.17. The van der Waals surface area contributed by atoms with Crippen molar-refractivity contribution in [3.8, 4) is 5.75 Å². The van der Waals surface area contributed by atoms with Crippen molar-refractivity contribution in [3.63, 3.8) is 0 Å².